The van der Waals surface area contributed by atoms with Crippen LogP contribution in [0.25, 0.3) is 21.6 Å². The molecule has 1 aromatic carbocycles. The second-order valence-electron chi connectivity index (χ2n) is 5.02. The van der Waals surface area contributed by atoms with Crippen molar-refractivity contribution in [1.82, 2.24) is 15.0 Å². The Bertz CT molecular complexity index is 1040. The summed E-state index contributed by atoms with van der Waals surface area (Å²) >= 11 is 2.87. The van der Waals surface area contributed by atoms with Gasteiger partial charge in [0.1, 0.15) is 10.7 Å². The molecule has 0 amide bonds. The molecule has 0 aliphatic carbocycles. The maximum atomic E-state index is 12.6. The van der Waals surface area contributed by atoms with Crippen LogP contribution in [0.3, 0.4) is 0 Å². The summed E-state index contributed by atoms with van der Waals surface area (Å²) in [5.74, 6) is -0.967. The Morgan fingerprint density at radius 2 is 1.89 bits per heavy atom. The minimum absolute atomic E-state index is 0.0553. The summed E-state index contributed by atoms with van der Waals surface area (Å²) in [6, 6.07) is 7.76. The Morgan fingerprint density at radius 3 is 2.54 bits per heavy atom. The number of rotatable bonds is 3. The fraction of sp³-hybridized carbons (Fsp3) is 0.158. The standard InChI is InChI=1S/C15H9N3OS2.C2H3FO2.C2H6/c19-13(10-7-17-11-4-2-1-3-9(10)11)15-18-12(8-21-15)14-16-5-6-20-14;1-2(4)5-3;1-2/h1-8,17H;1H3;1-2H3. The summed E-state index contributed by atoms with van der Waals surface area (Å²) in [5, 5.41) is 6.03. The molecule has 9 heteroatoms. The summed E-state index contributed by atoms with van der Waals surface area (Å²) in [6.07, 6.45) is 3.48. The zero-order valence-electron chi connectivity index (χ0n) is 15.4. The van der Waals surface area contributed by atoms with Gasteiger partial charge >= 0.3 is 5.97 Å². The van der Waals surface area contributed by atoms with E-state index >= 15 is 0 Å². The Hall–Kier alpha value is -2.91. The molecule has 0 spiro atoms. The van der Waals surface area contributed by atoms with Gasteiger partial charge in [-0.15, -0.1) is 22.7 Å². The summed E-state index contributed by atoms with van der Waals surface area (Å²) in [4.78, 5) is 36.2. The first-order valence-electron chi connectivity index (χ1n) is 8.35. The highest BCUT2D eigenvalue weighted by Crippen LogP contribution is 2.27. The van der Waals surface area contributed by atoms with Gasteiger partial charge in [0.25, 0.3) is 0 Å². The van der Waals surface area contributed by atoms with Crippen LogP contribution >= 0.6 is 22.7 Å². The normalized spacial score (nSPS) is 9.71. The SMILES string of the molecule is CC.CC(=O)OF.O=C(c1nc(-c2nccs2)cs1)c1c[nH]c2ccccc12. The average molecular weight is 420 g/mol. The van der Waals surface area contributed by atoms with Gasteiger partial charge in [-0.3, -0.25) is 9.74 Å². The third-order valence-corrected chi connectivity index (χ3v) is 4.93. The molecular formula is C19H18FN3O3S2. The topological polar surface area (TPSA) is 84.9 Å². The number of nitrogens with one attached hydrogen (secondary N) is 1. The summed E-state index contributed by atoms with van der Waals surface area (Å²) in [5.41, 5.74) is 2.38. The molecule has 0 radical (unpaired) electrons. The van der Waals surface area contributed by atoms with Gasteiger partial charge in [-0.1, -0.05) is 32.0 Å². The number of benzene rings is 1. The number of carbonyl (C=O) groups excluding carboxylic acids is 2. The van der Waals surface area contributed by atoms with E-state index in [4.69, 9.17) is 0 Å². The van der Waals surface area contributed by atoms with E-state index in [1.54, 1.807) is 12.4 Å². The lowest BCUT2D eigenvalue weighted by Gasteiger charge is -1.94. The van der Waals surface area contributed by atoms with Gasteiger partial charge in [0.15, 0.2) is 5.01 Å². The van der Waals surface area contributed by atoms with Crippen molar-refractivity contribution in [1.29, 1.82) is 0 Å². The molecule has 6 nitrogen and oxygen atoms in total. The Labute approximate surface area is 168 Å². The first-order chi connectivity index (χ1) is 13.6. The maximum absolute atomic E-state index is 12.6. The van der Waals surface area contributed by atoms with Crippen LogP contribution in [0.5, 0.6) is 0 Å². The van der Waals surface area contributed by atoms with Crippen molar-refractivity contribution in [3.8, 4) is 10.7 Å². The largest absolute Gasteiger partial charge is 0.360 e. The molecule has 4 rings (SSSR count). The number of fused-ring (bicyclic) bond motifs is 1. The second-order valence-corrected chi connectivity index (χ2v) is 6.77. The molecule has 0 fully saturated rings. The number of carbonyl (C=O) groups is 2. The van der Waals surface area contributed by atoms with Crippen molar-refractivity contribution in [3.05, 3.63) is 58.0 Å². The molecule has 0 aliphatic heterocycles. The zero-order valence-corrected chi connectivity index (χ0v) is 17.1. The van der Waals surface area contributed by atoms with E-state index in [0.29, 0.717) is 10.6 Å². The molecule has 0 bridgehead atoms. The number of nitrogens with zero attached hydrogens (tertiary/aromatic N) is 2. The van der Waals surface area contributed by atoms with Crippen molar-refractivity contribution in [2.45, 2.75) is 20.8 Å². The zero-order chi connectivity index (χ0) is 20.5. The van der Waals surface area contributed by atoms with Crippen molar-refractivity contribution >= 4 is 45.3 Å². The molecule has 4 aromatic rings. The van der Waals surface area contributed by atoms with Crippen LogP contribution in [-0.2, 0) is 9.74 Å². The predicted molar refractivity (Wildman–Crippen MR) is 109 cm³/mol. The summed E-state index contributed by atoms with van der Waals surface area (Å²) < 4.78 is 10.3. The van der Waals surface area contributed by atoms with Crippen LogP contribution in [0.4, 0.5) is 4.53 Å². The molecule has 0 aliphatic rings. The highest BCUT2D eigenvalue weighted by molar-refractivity contribution is 7.14. The van der Waals surface area contributed by atoms with E-state index in [1.807, 2.05) is 48.9 Å². The Morgan fingerprint density at radius 1 is 1.18 bits per heavy atom. The predicted octanol–water partition coefficient (Wildman–Crippen LogP) is 5.44. The molecule has 1 N–H and O–H groups in total. The van der Waals surface area contributed by atoms with E-state index < -0.39 is 5.97 Å². The molecule has 0 unspecified atom stereocenters. The van der Waals surface area contributed by atoms with Gasteiger partial charge in [-0.05, 0) is 6.07 Å². The second kappa shape index (κ2) is 10.4. The molecule has 3 aromatic heterocycles. The van der Waals surface area contributed by atoms with Crippen LogP contribution < -0.4 is 0 Å². The fourth-order valence-electron chi connectivity index (χ4n) is 2.20. The number of para-hydroxylation sites is 1. The Kier molecular flexibility index (Phi) is 7.97. The Balaban J connectivity index is 0.000000352. The third-order valence-electron chi connectivity index (χ3n) is 3.29. The highest BCUT2D eigenvalue weighted by atomic mass is 32.1. The lowest BCUT2D eigenvalue weighted by Crippen LogP contribution is -1.99. The number of ketones is 1. The van der Waals surface area contributed by atoms with Gasteiger partial charge in [0.2, 0.25) is 5.78 Å². The van der Waals surface area contributed by atoms with Gasteiger partial charge < -0.3 is 4.98 Å². The van der Waals surface area contributed by atoms with Crippen molar-refractivity contribution in [2.24, 2.45) is 0 Å². The van der Waals surface area contributed by atoms with Crippen molar-refractivity contribution in [2.75, 3.05) is 0 Å². The lowest BCUT2D eigenvalue weighted by molar-refractivity contribution is -0.180. The molecule has 146 valence electrons. The van der Waals surface area contributed by atoms with E-state index in [9.17, 15) is 14.1 Å². The number of H-pyrrole nitrogens is 1. The first kappa shape index (κ1) is 21.4. The number of thiazole rings is 2. The van der Waals surface area contributed by atoms with Crippen molar-refractivity contribution in [3.63, 3.8) is 0 Å². The van der Waals surface area contributed by atoms with E-state index in [2.05, 4.69) is 19.9 Å². The maximum Gasteiger partial charge on any atom is 0.345 e. The van der Waals surface area contributed by atoms with Gasteiger partial charge in [-0.25, -0.2) is 14.8 Å². The molecule has 0 atom stereocenters. The first-order valence-corrected chi connectivity index (χ1v) is 10.1. The highest BCUT2D eigenvalue weighted by Gasteiger charge is 2.18. The molecule has 3 heterocycles. The van der Waals surface area contributed by atoms with E-state index in [1.165, 1.54) is 22.7 Å². The number of halogens is 1. The number of hydrogen-bond donors (Lipinski definition) is 1. The van der Waals surface area contributed by atoms with Crippen LogP contribution in [-0.4, -0.2) is 26.7 Å². The minimum Gasteiger partial charge on any atom is -0.360 e. The summed E-state index contributed by atoms with van der Waals surface area (Å²) in [7, 11) is 0. The molecule has 0 saturated carbocycles. The van der Waals surface area contributed by atoms with Crippen LogP contribution in [0.15, 0.2) is 47.4 Å². The molecule has 28 heavy (non-hydrogen) atoms. The van der Waals surface area contributed by atoms with E-state index in [0.717, 1.165) is 28.5 Å². The van der Waals surface area contributed by atoms with Gasteiger partial charge in [0.05, 0.1) is 5.56 Å². The van der Waals surface area contributed by atoms with Crippen LogP contribution in [0, 0.1) is 0 Å². The van der Waals surface area contributed by atoms with E-state index in [-0.39, 0.29) is 5.78 Å². The van der Waals surface area contributed by atoms with Crippen LogP contribution in [0.1, 0.15) is 36.1 Å². The fourth-order valence-corrected chi connectivity index (χ4v) is 3.63. The lowest BCUT2D eigenvalue weighted by atomic mass is 10.1. The third kappa shape index (κ3) is 5.08. The number of aromatic amines is 1. The molecule has 0 saturated heterocycles. The van der Waals surface area contributed by atoms with Gasteiger partial charge in [-0.2, -0.15) is 0 Å². The molecular weight excluding hydrogens is 401 g/mol. The van der Waals surface area contributed by atoms with Gasteiger partial charge in [0, 0.05) is 45.5 Å². The monoisotopic (exact) mass is 419 g/mol. The summed E-state index contributed by atoms with van der Waals surface area (Å²) in [6.45, 7) is 4.99. The van der Waals surface area contributed by atoms with Crippen molar-refractivity contribution < 1.29 is 19.1 Å². The minimum atomic E-state index is -0.912. The quantitative estimate of drug-likeness (QED) is 0.447. The average Bonchev–Trinajstić information content (AvgIpc) is 3.49. The van der Waals surface area contributed by atoms with Crippen LogP contribution in [0.2, 0.25) is 0 Å². The number of aromatic nitrogens is 3. The smallest absolute Gasteiger partial charge is 0.345 e. The number of hydrogen-bond acceptors (Lipinski definition) is 7.